The van der Waals surface area contributed by atoms with Crippen molar-refractivity contribution in [3.63, 3.8) is 0 Å². The molecule has 4 rings (SSSR count). The molecule has 0 radical (unpaired) electrons. The Balaban J connectivity index is 1.20. The van der Waals surface area contributed by atoms with E-state index >= 15 is 0 Å². The largest absolute Gasteiger partial charge is 0.381 e. The Labute approximate surface area is 154 Å². The number of amides is 2. The summed E-state index contributed by atoms with van der Waals surface area (Å²) >= 11 is 0. The molecule has 0 aromatic carbocycles. The van der Waals surface area contributed by atoms with Gasteiger partial charge in [-0.3, -0.25) is 0 Å². The normalized spacial score (nSPS) is 24.2. The Morgan fingerprint density at radius 1 is 1.19 bits per heavy atom. The van der Waals surface area contributed by atoms with Crippen LogP contribution < -0.4 is 5.32 Å². The zero-order valence-corrected chi connectivity index (χ0v) is 15.5. The second kappa shape index (κ2) is 8.37. The molecule has 0 bridgehead atoms. The molecule has 2 amide bonds. The van der Waals surface area contributed by atoms with Gasteiger partial charge in [0.25, 0.3) is 0 Å². The van der Waals surface area contributed by atoms with Crippen LogP contribution in [0.2, 0.25) is 0 Å². The molecule has 0 unspecified atom stereocenters. The molecular weight excluding hydrogens is 332 g/mol. The third-order valence-corrected chi connectivity index (χ3v) is 5.76. The zero-order chi connectivity index (χ0) is 17.8. The van der Waals surface area contributed by atoms with Crippen molar-refractivity contribution in [3.05, 3.63) is 11.7 Å². The van der Waals surface area contributed by atoms with Gasteiger partial charge in [-0.05, 0) is 38.0 Å². The summed E-state index contributed by atoms with van der Waals surface area (Å²) in [7, 11) is 0. The highest BCUT2D eigenvalue weighted by atomic mass is 16.5. The highest BCUT2D eigenvalue weighted by Crippen LogP contribution is 2.29. The van der Waals surface area contributed by atoms with Crippen molar-refractivity contribution in [3.8, 4) is 0 Å². The van der Waals surface area contributed by atoms with Crippen LogP contribution in [0, 0.1) is 5.92 Å². The first kappa shape index (κ1) is 17.8. The molecule has 1 N–H and O–H groups in total. The average Bonchev–Trinajstić information content (AvgIpc) is 3.16. The number of hydrogen-bond donors (Lipinski definition) is 1. The van der Waals surface area contributed by atoms with Crippen LogP contribution in [0.4, 0.5) is 4.79 Å². The monoisotopic (exact) mass is 362 g/mol. The number of nitrogens with zero attached hydrogens (tertiary/aromatic N) is 3. The molecule has 7 nitrogen and oxygen atoms in total. The van der Waals surface area contributed by atoms with E-state index < -0.39 is 0 Å². The zero-order valence-electron chi connectivity index (χ0n) is 15.5. The SMILES string of the molecule is O=C(NC1CCCCC1)N1CC[C@H](c2nc(CCOCC3CC3)no2)C1. The fourth-order valence-corrected chi connectivity index (χ4v) is 3.89. The van der Waals surface area contributed by atoms with Crippen LogP contribution in [0.1, 0.15) is 69.0 Å². The third-order valence-electron chi connectivity index (χ3n) is 5.76. The van der Waals surface area contributed by atoms with Gasteiger partial charge >= 0.3 is 6.03 Å². The lowest BCUT2D eigenvalue weighted by Crippen LogP contribution is -2.44. The Hall–Kier alpha value is -1.63. The summed E-state index contributed by atoms with van der Waals surface area (Å²) in [6.07, 6.45) is 10.1. The first-order valence-corrected chi connectivity index (χ1v) is 10.2. The van der Waals surface area contributed by atoms with Crippen molar-refractivity contribution in [2.45, 2.75) is 69.7 Å². The van der Waals surface area contributed by atoms with Crippen molar-refractivity contribution < 1.29 is 14.1 Å². The van der Waals surface area contributed by atoms with E-state index in [0.717, 1.165) is 38.3 Å². The van der Waals surface area contributed by atoms with Crippen LogP contribution in [0.5, 0.6) is 0 Å². The quantitative estimate of drug-likeness (QED) is 0.755. The summed E-state index contributed by atoms with van der Waals surface area (Å²) in [6, 6.07) is 0.411. The van der Waals surface area contributed by atoms with Gasteiger partial charge in [0.1, 0.15) is 0 Å². The molecule has 0 spiro atoms. The van der Waals surface area contributed by atoms with E-state index in [0.29, 0.717) is 37.3 Å². The molecule has 1 aromatic heterocycles. The molecule has 2 saturated carbocycles. The molecule has 2 aliphatic carbocycles. The number of ether oxygens (including phenoxy) is 1. The van der Waals surface area contributed by atoms with Gasteiger partial charge < -0.3 is 19.5 Å². The molecule has 26 heavy (non-hydrogen) atoms. The fourth-order valence-electron chi connectivity index (χ4n) is 3.89. The summed E-state index contributed by atoms with van der Waals surface area (Å²) in [5.41, 5.74) is 0. The Kier molecular flexibility index (Phi) is 5.72. The lowest BCUT2D eigenvalue weighted by molar-refractivity contribution is 0.125. The number of carbonyl (C=O) groups excluding carboxylic acids is 1. The molecule has 3 aliphatic rings. The van der Waals surface area contributed by atoms with Gasteiger partial charge in [-0.25, -0.2) is 4.79 Å². The van der Waals surface area contributed by atoms with E-state index in [4.69, 9.17) is 9.26 Å². The first-order chi connectivity index (χ1) is 12.8. The lowest BCUT2D eigenvalue weighted by Gasteiger charge is -2.26. The Bertz CT molecular complexity index is 595. The Morgan fingerprint density at radius 3 is 2.85 bits per heavy atom. The summed E-state index contributed by atoms with van der Waals surface area (Å²) in [5.74, 6) is 2.30. The van der Waals surface area contributed by atoms with E-state index in [-0.39, 0.29) is 11.9 Å². The van der Waals surface area contributed by atoms with Crippen molar-refractivity contribution in [1.82, 2.24) is 20.4 Å². The smallest absolute Gasteiger partial charge is 0.317 e. The lowest BCUT2D eigenvalue weighted by atomic mass is 9.96. The maximum absolute atomic E-state index is 12.5. The summed E-state index contributed by atoms with van der Waals surface area (Å²) in [4.78, 5) is 18.9. The molecule has 7 heteroatoms. The van der Waals surface area contributed by atoms with E-state index in [9.17, 15) is 4.79 Å². The van der Waals surface area contributed by atoms with Gasteiger partial charge in [-0.2, -0.15) is 4.98 Å². The number of rotatable bonds is 7. The van der Waals surface area contributed by atoms with Crippen LogP contribution >= 0.6 is 0 Å². The van der Waals surface area contributed by atoms with Crippen LogP contribution in [-0.4, -0.2) is 53.4 Å². The number of hydrogen-bond acceptors (Lipinski definition) is 5. The van der Waals surface area contributed by atoms with E-state index in [1.165, 1.54) is 32.1 Å². The summed E-state index contributed by atoms with van der Waals surface area (Å²) < 4.78 is 11.1. The van der Waals surface area contributed by atoms with Crippen LogP contribution in [-0.2, 0) is 11.2 Å². The van der Waals surface area contributed by atoms with Crippen molar-refractivity contribution in [2.75, 3.05) is 26.3 Å². The number of nitrogens with one attached hydrogen (secondary N) is 1. The third kappa shape index (κ3) is 4.75. The molecule has 1 atom stereocenters. The maximum atomic E-state index is 12.5. The van der Waals surface area contributed by atoms with Crippen LogP contribution in [0.15, 0.2) is 4.52 Å². The minimum Gasteiger partial charge on any atom is -0.381 e. The minimum absolute atomic E-state index is 0.0626. The van der Waals surface area contributed by atoms with Gasteiger partial charge in [0.05, 0.1) is 12.5 Å². The van der Waals surface area contributed by atoms with Gasteiger partial charge in [-0.1, -0.05) is 24.4 Å². The second-order valence-electron chi connectivity index (χ2n) is 8.03. The molecule has 2 heterocycles. The molecule has 1 saturated heterocycles. The second-order valence-corrected chi connectivity index (χ2v) is 8.03. The maximum Gasteiger partial charge on any atom is 0.317 e. The fraction of sp³-hybridized carbons (Fsp3) is 0.842. The molecule has 3 fully saturated rings. The first-order valence-electron chi connectivity index (χ1n) is 10.2. The standard InChI is InChI=1S/C19H30N4O3/c24-19(20-16-4-2-1-3-5-16)23-10-8-15(12-23)18-21-17(22-26-18)9-11-25-13-14-6-7-14/h14-16H,1-13H2,(H,20,24)/t15-/m0/s1. The minimum atomic E-state index is 0.0626. The number of likely N-dealkylation sites (tertiary alicyclic amines) is 1. The van der Waals surface area contributed by atoms with Crippen molar-refractivity contribution in [1.29, 1.82) is 0 Å². The summed E-state index contributed by atoms with van der Waals surface area (Å²) in [5, 5.41) is 7.26. The predicted molar refractivity (Wildman–Crippen MR) is 95.9 cm³/mol. The van der Waals surface area contributed by atoms with Crippen molar-refractivity contribution >= 4 is 6.03 Å². The predicted octanol–water partition coefficient (Wildman–Crippen LogP) is 2.87. The average molecular weight is 362 g/mol. The highest BCUT2D eigenvalue weighted by Gasteiger charge is 2.32. The molecule has 144 valence electrons. The topological polar surface area (TPSA) is 80.5 Å². The van der Waals surface area contributed by atoms with Gasteiger partial charge in [-0.15, -0.1) is 0 Å². The molecule has 1 aliphatic heterocycles. The highest BCUT2D eigenvalue weighted by molar-refractivity contribution is 5.75. The number of urea groups is 1. The van der Waals surface area contributed by atoms with E-state index in [2.05, 4.69) is 15.5 Å². The van der Waals surface area contributed by atoms with Gasteiger partial charge in [0, 0.05) is 32.2 Å². The molecule has 1 aromatic rings. The summed E-state index contributed by atoms with van der Waals surface area (Å²) in [6.45, 7) is 2.93. The van der Waals surface area contributed by atoms with E-state index in [1.54, 1.807) is 0 Å². The Morgan fingerprint density at radius 2 is 2.04 bits per heavy atom. The number of carbonyl (C=O) groups is 1. The number of aromatic nitrogens is 2. The van der Waals surface area contributed by atoms with Gasteiger partial charge in [0.15, 0.2) is 5.82 Å². The van der Waals surface area contributed by atoms with E-state index in [1.807, 2.05) is 4.90 Å². The molecular formula is C19H30N4O3. The van der Waals surface area contributed by atoms with Gasteiger partial charge in [0.2, 0.25) is 5.89 Å². The van der Waals surface area contributed by atoms with Crippen LogP contribution in [0.3, 0.4) is 0 Å². The van der Waals surface area contributed by atoms with Crippen molar-refractivity contribution in [2.24, 2.45) is 5.92 Å². The van der Waals surface area contributed by atoms with Crippen LogP contribution in [0.25, 0.3) is 0 Å².